The molecule has 0 heterocycles. The predicted molar refractivity (Wildman–Crippen MR) is 37.1 cm³/mol. The first-order valence-corrected chi connectivity index (χ1v) is 3.16. The van der Waals surface area contributed by atoms with Gasteiger partial charge in [0.15, 0.2) is 0 Å². The molecule has 0 fully saturated rings. The Kier molecular flexibility index (Phi) is 3.46. The topological polar surface area (TPSA) is 72.2 Å². The van der Waals surface area contributed by atoms with Gasteiger partial charge in [-0.2, -0.15) is 0 Å². The Balaban J connectivity index is 3.68. The van der Waals surface area contributed by atoms with Crippen molar-refractivity contribution >= 4 is 11.8 Å². The van der Waals surface area contributed by atoms with Crippen LogP contribution in [0.15, 0.2) is 0 Å². The fraction of sp³-hybridized carbons (Fsp3) is 0.667. The fourth-order valence-corrected chi connectivity index (χ4v) is 0.415. The normalized spacial score (nSPS) is 12.2. The number of primary amides is 1. The van der Waals surface area contributed by atoms with E-state index < -0.39 is 11.9 Å². The Morgan fingerprint density at radius 2 is 2.10 bits per heavy atom. The smallest absolute Gasteiger partial charge is 0.239 e. The minimum Gasteiger partial charge on any atom is -0.368 e. The zero-order valence-electron chi connectivity index (χ0n) is 6.18. The van der Waals surface area contributed by atoms with E-state index in [1.54, 1.807) is 13.8 Å². The number of nitrogens with two attached hydrogens (primary N) is 1. The largest absolute Gasteiger partial charge is 0.368 e. The van der Waals surface area contributed by atoms with Gasteiger partial charge in [-0.3, -0.25) is 9.59 Å². The number of hydrogen-bond donors (Lipinski definition) is 2. The molecule has 0 aliphatic rings. The van der Waals surface area contributed by atoms with Crippen molar-refractivity contribution in [2.75, 3.05) is 0 Å². The second-order valence-electron chi connectivity index (χ2n) is 2.05. The van der Waals surface area contributed by atoms with Gasteiger partial charge in [0.25, 0.3) is 0 Å². The molecule has 0 unspecified atom stereocenters. The zero-order chi connectivity index (χ0) is 8.15. The SMILES string of the molecule is CCC(=O)N[C@H](C)C(N)=O. The Hall–Kier alpha value is -1.06. The van der Waals surface area contributed by atoms with E-state index in [1.807, 2.05) is 0 Å². The van der Waals surface area contributed by atoms with Gasteiger partial charge in [-0.25, -0.2) is 0 Å². The highest BCUT2D eigenvalue weighted by molar-refractivity contribution is 5.85. The van der Waals surface area contributed by atoms with Crippen LogP contribution in [0.25, 0.3) is 0 Å². The first kappa shape index (κ1) is 8.94. The molecule has 3 N–H and O–H groups in total. The van der Waals surface area contributed by atoms with Crippen LogP contribution >= 0.6 is 0 Å². The van der Waals surface area contributed by atoms with Crippen LogP contribution in [0.1, 0.15) is 20.3 Å². The number of carbonyl (C=O) groups is 2. The van der Waals surface area contributed by atoms with Crippen molar-refractivity contribution in [2.45, 2.75) is 26.3 Å². The van der Waals surface area contributed by atoms with Gasteiger partial charge in [0.05, 0.1) is 0 Å². The molecule has 0 aliphatic carbocycles. The Morgan fingerprint density at radius 1 is 1.60 bits per heavy atom. The van der Waals surface area contributed by atoms with E-state index in [2.05, 4.69) is 5.32 Å². The second-order valence-corrected chi connectivity index (χ2v) is 2.05. The van der Waals surface area contributed by atoms with E-state index in [0.29, 0.717) is 6.42 Å². The number of carbonyl (C=O) groups excluding carboxylic acids is 2. The maximum Gasteiger partial charge on any atom is 0.239 e. The molecule has 0 saturated heterocycles. The number of amides is 2. The van der Waals surface area contributed by atoms with Crippen molar-refractivity contribution in [3.8, 4) is 0 Å². The van der Waals surface area contributed by atoms with E-state index in [4.69, 9.17) is 5.73 Å². The van der Waals surface area contributed by atoms with Gasteiger partial charge in [0.1, 0.15) is 6.04 Å². The van der Waals surface area contributed by atoms with Crippen LogP contribution in [0.4, 0.5) is 0 Å². The van der Waals surface area contributed by atoms with Gasteiger partial charge in [-0.1, -0.05) is 6.92 Å². The maximum absolute atomic E-state index is 10.6. The van der Waals surface area contributed by atoms with E-state index in [-0.39, 0.29) is 5.91 Å². The lowest BCUT2D eigenvalue weighted by Crippen LogP contribution is -2.41. The van der Waals surface area contributed by atoms with E-state index in [9.17, 15) is 9.59 Å². The first-order chi connectivity index (χ1) is 4.57. The Morgan fingerprint density at radius 3 is 2.40 bits per heavy atom. The highest BCUT2D eigenvalue weighted by atomic mass is 16.2. The Bertz CT molecular complexity index is 145. The van der Waals surface area contributed by atoms with Gasteiger partial charge in [-0.15, -0.1) is 0 Å². The lowest BCUT2D eigenvalue weighted by atomic mass is 10.3. The molecule has 0 rings (SSSR count). The summed E-state index contributed by atoms with van der Waals surface area (Å²) >= 11 is 0. The average Bonchev–Trinajstić information content (AvgIpc) is 1.87. The van der Waals surface area contributed by atoms with E-state index in [0.717, 1.165) is 0 Å². The van der Waals surface area contributed by atoms with Crippen LogP contribution in [0, 0.1) is 0 Å². The zero-order valence-corrected chi connectivity index (χ0v) is 6.18. The molecule has 0 bridgehead atoms. The summed E-state index contributed by atoms with van der Waals surface area (Å²) in [5.41, 5.74) is 4.89. The summed E-state index contributed by atoms with van der Waals surface area (Å²) in [7, 11) is 0. The highest BCUT2D eigenvalue weighted by Gasteiger charge is 2.09. The molecule has 0 radical (unpaired) electrons. The summed E-state index contributed by atoms with van der Waals surface area (Å²) in [6.07, 6.45) is 0.373. The lowest BCUT2D eigenvalue weighted by molar-refractivity contribution is -0.126. The van der Waals surface area contributed by atoms with Crippen molar-refractivity contribution in [1.29, 1.82) is 0 Å². The van der Waals surface area contributed by atoms with Crippen molar-refractivity contribution < 1.29 is 9.59 Å². The summed E-state index contributed by atoms with van der Waals surface area (Å²) in [6, 6.07) is -0.563. The van der Waals surface area contributed by atoms with Crippen LogP contribution in [-0.4, -0.2) is 17.9 Å². The first-order valence-electron chi connectivity index (χ1n) is 3.16. The molecule has 58 valence electrons. The van der Waals surface area contributed by atoms with Crippen molar-refractivity contribution in [1.82, 2.24) is 5.32 Å². The molecular weight excluding hydrogens is 132 g/mol. The van der Waals surface area contributed by atoms with Crippen LogP contribution in [-0.2, 0) is 9.59 Å². The monoisotopic (exact) mass is 144 g/mol. The van der Waals surface area contributed by atoms with Gasteiger partial charge < -0.3 is 11.1 Å². The van der Waals surface area contributed by atoms with E-state index in [1.165, 1.54) is 0 Å². The van der Waals surface area contributed by atoms with Crippen molar-refractivity contribution in [2.24, 2.45) is 5.73 Å². The Labute approximate surface area is 59.8 Å². The number of nitrogens with one attached hydrogen (secondary N) is 1. The molecule has 4 nitrogen and oxygen atoms in total. The summed E-state index contributed by atoms with van der Waals surface area (Å²) in [5.74, 6) is -0.673. The standard InChI is InChI=1S/C6H12N2O2/c1-3-5(9)8-4(2)6(7)10/h4H,3H2,1-2H3,(H2,7,10)(H,8,9)/t4-/m1/s1. The molecule has 0 aromatic carbocycles. The van der Waals surface area contributed by atoms with Crippen LogP contribution in [0.3, 0.4) is 0 Å². The summed E-state index contributed by atoms with van der Waals surface area (Å²) in [4.78, 5) is 21.0. The van der Waals surface area contributed by atoms with Crippen LogP contribution in [0.5, 0.6) is 0 Å². The summed E-state index contributed by atoms with van der Waals surface area (Å²) < 4.78 is 0. The molecular formula is C6H12N2O2. The summed E-state index contributed by atoms with van der Waals surface area (Å²) in [6.45, 7) is 3.26. The van der Waals surface area contributed by atoms with Crippen molar-refractivity contribution in [3.63, 3.8) is 0 Å². The van der Waals surface area contributed by atoms with Gasteiger partial charge >= 0.3 is 0 Å². The second kappa shape index (κ2) is 3.87. The molecule has 0 aromatic heterocycles. The third-order valence-corrected chi connectivity index (χ3v) is 1.13. The lowest BCUT2D eigenvalue weighted by Gasteiger charge is -2.07. The molecule has 0 aliphatic heterocycles. The summed E-state index contributed by atoms with van der Waals surface area (Å²) in [5, 5.41) is 2.42. The number of hydrogen-bond acceptors (Lipinski definition) is 2. The quantitative estimate of drug-likeness (QED) is 0.554. The van der Waals surface area contributed by atoms with E-state index >= 15 is 0 Å². The van der Waals surface area contributed by atoms with Crippen LogP contribution in [0.2, 0.25) is 0 Å². The molecule has 2 amide bonds. The minimum absolute atomic E-state index is 0.161. The minimum atomic E-state index is -0.563. The van der Waals surface area contributed by atoms with Gasteiger partial charge in [0.2, 0.25) is 11.8 Å². The molecule has 0 spiro atoms. The maximum atomic E-state index is 10.6. The van der Waals surface area contributed by atoms with Gasteiger partial charge in [0, 0.05) is 6.42 Å². The highest BCUT2D eigenvalue weighted by Crippen LogP contribution is 1.81. The fourth-order valence-electron chi connectivity index (χ4n) is 0.415. The van der Waals surface area contributed by atoms with Crippen LogP contribution < -0.4 is 11.1 Å². The average molecular weight is 144 g/mol. The molecule has 0 saturated carbocycles. The molecule has 4 heteroatoms. The molecule has 10 heavy (non-hydrogen) atoms. The predicted octanol–water partition coefficient (Wildman–Crippen LogP) is -0.614. The number of rotatable bonds is 3. The third kappa shape index (κ3) is 3.06. The molecule has 1 atom stereocenters. The van der Waals surface area contributed by atoms with Crippen molar-refractivity contribution in [3.05, 3.63) is 0 Å². The van der Waals surface area contributed by atoms with Gasteiger partial charge in [-0.05, 0) is 6.92 Å². The molecule has 0 aromatic rings. The third-order valence-electron chi connectivity index (χ3n) is 1.13.